The van der Waals surface area contributed by atoms with Gasteiger partial charge in [0.1, 0.15) is 10.8 Å². The second-order valence-corrected chi connectivity index (χ2v) is 19.3. The normalized spacial score (nSPS) is 29.3. The summed E-state index contributed by atoms with van der Waals surface area (Å²) < 4.78 is 14.3. The van der Waals surface area contributed by atoms with Gasteiger partial charge in [0.2, 0.25) is 0 Å². The Labute approximate surface area is 307 Å². The number of thiazole rings is 1. The van der Waals surface area contributed by atoms with Crippen molar-refractivity contribution in [2.24, 2.45) is 35.5 Å². The topological polar surface area (TPSA) is 65.5 Å². The van der Waals surface area contributed by atoms with Crippen LogP contribution in [0.2, 0.25) is 0 Å². The molecule has 264 valence electrons. The fourth-order valence-corrected chi connectivity index (χ4v) is 12.3. The molecule has 0 radical (unpaired) electrons. The van der Waals surface area contributed by atoms with Crippen LogP contribution < -0.4 is 30.7 Å². The van der Waals surface area contributed by atoms with E-state index in [1.54, 1.807) is 23.5 Å². The molecule has 0 saturated heterocycles. The summed E-state index contributed by atoms with van der Waals surface area (Å²) in [4.78, 5) is 34.3. The summed E-state index contributed by atoms with van der Waals surface area (Å²) in [7, 11) is 0. The Morgan fingerprint density at radius 2 is 1.51 bits per heavy atom. The Kier molecular flexibility index (Phi) is 11.8. The van der Waals surface area contributed by atoms with Crippen molar-refractivity contribution < 1.29 is 40.3 Å². The first-order chi connectivity index (χ1) is 24.0. The minimum absolute atomic E-state index is 0.0544. The molecule has 7 heteroatoms. The first-order valence-corrected chi connectivity index (χ1v) is 23.3. The molecule has 4 aliphatic carbocycles. The SMILES string of the molecule is CCC1CCC([C@H]2CC=C(C(=O)Oc3ccc(OC(=O)C4CCC(C5CCC([I-]C)CC5)CC4)cc3-c3nc4ccccc4s3)CC2)CC1. The molecule has 3 saturated carbocycles. The summed E-state index contributed by atoms with van der Waals surface area (Å²) in [6.07, 6.45) is 21.4. The van der Waals surface area contributed by atoms with E-state index in [1.165, 1.54) is 57.8 Å². The number of ether oxygens (including phenoxy) is 2. The number of carbonyl (C=O) groups excluding carboxylic acids is 2. The molecule has 0 unspecified atom stereocenters. The molecular weight excluding hydrogens is 741 g/mol. The Hall–Kier alpha value is -2.26. The number of aromatic nitrogens is 1. The van der Waals surface area contributed by atoms with Crippen LogP contribution in [0.5, 0.6) is 11.5 Å². The third kappa shape index (κ3) is 8.45. The number of allylic oxidation sites excluding steroid dienone is 1. The van der Waals surface area contributed by atoms with Crippen LogP contribution >= 0.6 is 11.3 Å². The van der Waals surface area contributed by atoms with Crippen molar-refractivity contribution in [3.8, 4) is 22.1 Å². The van der Waals surface area contributed by atoms with Gasteiger partial charge in [0.15, 0.2) is 0 Å². The zero-order valence-corrected chi connectivity index (χ0v) is 32.3. The number of para-hydroxylation sites is 1. The smallest absolute Gasteiger partial charge is 0.236 e. The van der Waals surface area contributed by atoms with Gasteiger partial charge in [0, 0.05) is 5.57 Å². The van der Waals surface area contributed by atoms with E-state index < -0.39 is 0 Å². The predicted octanol–water partition coefficient (Wildman–Crippen LogP) is 7.80. The number of hydrogen-bond acceptors (Lipinski definition) is 6. The van der Waals surface area contributed by atoms with E-state index in [0.29, 0.717) is 44.2 Å². The number of halogens is 1. The molecule has 0 aliphatic heterocycles. The molecule has 4 aliphatic rings. The average molecular weight is 795 g/mol. The monoisotopic (exact) mass is 794 g/mol. The molecule has 1 heterocycles. The van der Waals surface area contributed by atoms with Crippen molar-refractivity contribution in [3.63, 3.8) is 0 Å². The van der Waals surface area contributed by atoms with Crippen molar-refractivity contribution in [1.82, 2.24) is 4.98 Å². The molecule has 3 aromatic rings. The maximum absolute atomic E-state index is 13.5. The van der Waals surface area contributed by atoms with Crippen molar-refractivity contribution in [2.75, 3.05) is 4.93 Å². The van der Waals surface area contributed by atoms with Gasteiger partial charge < -0.3 is 4.74 Å². The van der Waals surface area contributed by atoms with Gasteiger partial charge in [0.25, 0.3) is 0 Å². The standard InChI is InChI=1S/C42H53INO4S/c1-3-27-8-10-28(11-9-27)29-14-18-33(19-15-29)42(46)48-38-25-24-35(26-36(38)40-44-37-6-4-5-7-39(37)49-40)47-41(45)32-16-12-30(13-17-32)31-20-22-34(43-2)23-21-31/h4-7,18,24-32,34H,3,8-17,19-23H2,1-2H3/q-1/t27?,28?,29-,30?,31?,32?,34?/m0/s1. The number of fused-ring (bicyclic) bond motifs is 1. The molecule has 1 aromatic heterocycles. The number of benzene rings is 2. The third-order valence-electron chi connectivity index (χ3n) is 12.5. The number of alkyl halides is 2. The Balaban J connectivity index is 1.01. The molecule has 49 heavy (non-hydrogen) atoms. The number of carbonyl (C=O) groups is 2. The fourth-order valence-electron chi connectivity index (χ4n) is 9.31. The van der Waals surface area contributed by atoms with Crippen LogP contribution in [0.1, 0.15) is 110 Å². The van der Waals surface area contributed by atoms with E-state index in [2.05, 4.69) is 24.0 Å². The van der Waals surface area contributed by atoms with Crippen LogP contribution in [0.4, 0.5) is 0 Å². The van der Waals surface area contributed by atoms with Crippen LogP contribution in [-0.2, 0) is 9.59 Å². The van der Waals surface area contributed by atoms with E-state index >= 15 is 0 Å². The predicted molar refractivity (Wildman–Crippen MR) is 195 cm³/mol. The van der Waals surface area contributed by atoms with Crippen LogP contribution in [0, 0.1) is 35.5 Å². The Bertz CT molecular complexity index is 1590. The van der Waals surface area contributed by atoms with Gasteiger partial charge >= 0.3 is 139 Å². The molecule has 5 nitrogen and oxygen atoms in total. The van der Waals surface area contributed by atoms with Gasteiger partial charge in [0.05, 0.1) is 15.8 Å². The average Bonchev–Trinajstić information content (AvgIpc) is 3.60. The van der Waals surface area contributed by atoms with Crippen molar-refractivity contribution >= 4 is 33.5 Å². The number of nitrogens with zero attached hydrogens (tertiary/aromatic N) is 1. The van der Waals surface area contributed by atoms with Crippen LogP contribution in [0.15, 0.2) is 54.1 Å². The first kappa shape index (κ1) is 35.2. The number of rotatable bonds is 9. The molecule has 1 atom stereocenters. The molecule has 2 aromatic carbocycles. The third-order valence-corrected chi connectivity index (χ3v) is 16.6. The second-order valence-electron chi connectivity index (χ2n) is 15.3. The summed E-state index contributed by atoms with van der Waals surface area (Å²) in [5, 5.41) is 0.752. The molecule has 0 amide bonds. The van der Waals surface area contributed by atoms with E-state index in [0.717, 1.165) is 93.3 Å². The first-order valence-electron chi connectivity index (χ1n) is 19.1. The Morgan fingerprint density at radius 1 is 0.816 bits per heavy atom. The Morgan fingerprint density at radius 3 is 2.18 bits per heavy atom. The van der Waals surface area contributed by atoms with Gasteiger partial charge in [-0.15, -0.1) is 11.3 Å². The van der Waals surface area contributed by atoms with Gasteiger partial charge in [-0.2, -0.15) is 0 Å². The molecule has 0 N–H and O–H groups in total. The maximum atomic E-state index is 13.5. The zero-order chi connectivity index (χ0) is 33.7. The van der Waals surface area contributed by atoms with Gasteiger partial charge in [-0.05, 0) is 68.1 Å². The van der Waals surface area contributed by atoms with Crippen LogP contribution in [0.25, 0.3) is 20.8 Å². The molecule has 0 bridgehead atoms. The van der Waals surface area contributed by atoms with E-state index in [-0.39, 0.29) is 17.9 Å². The minimum Gasteiger partial charge on any atom is -0.236 e. The molecule has 7 rings (SSSR count). The van der Waals surface area contributed by atoms with Crippen molar-refractivity contribution in [2.45, 2.75) is 114 Å². The van der Waals surface area contributed by atoms with Gasteiger partial charge in [-0.1, -0.05) is 44.4 Å². The quantitative estimate of drug-likeness (QED) is 0.0959. The summed E-state index contributed by atoms with van der Waals surface area (Å²) in [5.74, 6) is 4.48. The summed E-state index contributed by atoms with van der Waals surface area (Å²) in [6, 6.07) is 13.4. The van der Waals surface area contributed by atoms with Crippen LogP contribution in [0.3, 0.4) is 0 Å². The summed E-state index contributed by atoms with van der Waals surface area (Å²) in [6.45, 7) is 2.32. The molecular formula is C42H53INO4S-. The van der Waals surface area contributed by atoms with Crippen molar-refractivity contribution in [3.05, 3.63) is 54.1 Å². The molecule has 3 fully saturated rings. The second kappa shape index (κ2) is 16.4. The minimum atomic E-state index is -0.276. The summed E-state index contributed by atoms with van der Waals surface area (Å²) in [5.41, 5.74) is 2.37. The van der Waals surface area contributed by atoms with Gasteiger partial charge in [-0.3, -0.25) is 0 Å². The fraction of sp³-hybridized carbons (Fsp3) is 0.595. The van der Waals surface area contributed by atoms with E-state index in [1.807, 2.05) is 24.3 Å². The number of esters is 2. The van der Waals surface area contributed by atoms with Gasteiger partial charge in [-0.25, -0.2) is 9.78 Å². The molecule has 0 spiro atoms. The summed E-state index contributed by atoms with van der Waals surface area (Å²) >= 11 is 1.94. The van der Waals surface area contributed by atoms with Crippen LogP contribution in [-0.4, -0.2) is 25.8 Å². The zero-order valence-electron chi connectivity index (χ0n) is 29.3. The van der Waals surface area contributed by atoms with Crippen molar-refractivity contribution in [1.29, 1.82) is 0 Å². The number of hydrogen-bond donors (Lipinski definition) is 0. The van der Waals surface area contributed by atoms with E-state index in [4.69, 9.17) is 14.5 Å². The van der Waals surface area contributed by atoms with E-state index in [9.17, 15) is 9.59 Å².